The van der Waals surface area contributed by atoms with Gasteiger partial charge in [0.25, 0.3) is 10.0 Å². The van der Waals surface area contributed by atoms with E-state index in [0.29, 0.717) is 16.6 Å². The van der Waals surface area contributed by atoms with Crippen molar-refractivity contribution in [1.82, 2.24) is 8.96 Å². The van der Waals surface area contributed by atoms with Crippen LogP contribution in [-0.4, -0.2) is 35.6 Å². The van der Waals surface area contributed by atoms with Gasteiger partial charge in [0.15, 0.2) is 5.65 Å². The number of pyridine rings is 1. The largest absolute Gasteiger partial charge is 0.495 e. The number of fused-ring (bicyclic) bond motifs is 1. The molecule has 7 nitrogen and oxygen atoms in total. The van der Waals surface area contributed by atoms with Gasteiger partial charge in [0, 0.05) is 23.3 Å². The number of carboxylic acids is 1. The molecule has 0 atom stereocenters. The van der Waals surface area contributed by atoms with Gasteiger partial charge in [0.2, 0.25) is 0 Å². The Morgan fingerprint density at radius 3 is 2.73 bits per heavy atom. The number of ether oxygens (including phenoxy) is 1. The molecule has 136 valence electrons. The summed E-state index contributed by atoms with van der Waals surface area (Å²) in [5.41, 5.74) is 0.885. The Morgan fingerprint density at radius 1 is 1.35 bits per heavy atom. The lowest BCUT2D eigenvalue weighted by Gasteiger charge is -2.11. The third kappa shape index (κ3) is 2.91. The number of aliphatic carboxylic acids is 1. The molecule has 0 unspecified atom stereocenters. The summed E-state index contributed by atoms with van der Waals surface area (Å²) in [6.07, 6.45) is 1.15. The van der Waals surface area contributed by atoms with Crippen molar-refractivity contribution in [2.45, 2.75) is 18.2 Å². The van der Waals surface area contributed by atoms with Crippen LogP contribution >= 0.6 is 11.6 Å². The number of carboxylic acid groups (broad SMARTS) is 1. The number of aromatic nitrogens is 2. The molecule has 0 aliphatic carbocycles. The SMILES string of the molecule is COc1cc(S(=O)(=O)n2c(C)c(CC(=O)O)c3cccnc32)ccc1Cl. The maximum absolute atomic E-state index is 13.2. The van der Waals surface area contributed by atoms with Gasteiger partial charge in [-0.3, -0.25) is 4.79 Å². The van der Waals surface area contributed by atoms with Gasteiger partial charge in [-0.1, -0.05) is 11.6 Å². The maximum atomic E-state index is 13.2. The molecule has 1 N–H and O–H groups in total. The van der Waals surface area contributed by atoms with E-state index in [1.807, 2.05) is 0 Å². The van der Waals surface area contributed by atoms with Crippen molar-refractivity contribution < 1.29 is 23.1 Å². The summed E-state index contributed by atoms with van der Waals surface area (Å²) in [5, 5.41) is 9.93. The van der Waals surface area contributed by atoms with Crippen LogP contribution in [0.5, 0.6) is 5.75 Å². The highest BCUT2D eigenvalue weighted by atomic mass is 35.5. The lowest BCUT2D eigenvalue weighted by atomic mass is 10.1. The first-order valence-corrected chi connectivity index (χ1v) is 9.35. The summed E-state index contributed by atoms with van der Waals surface area (Å²) in [6.45, 7) is 1.56. The number of hydrogen-bond donors (Lipinski definition) is 1. The lowest BCUT2D eigenvalue weighted by molar-refractivity contribution is -0.136. The van der Waals surface area contributed by atoms with Gasteiger partial charge in [0.05, 0.1) is 23.4 Å². The van der Waals surface area contributed by atoms with E-state index in [9.17, 15) is 13.2 Å². The molecule has 0 radical (unpaired) electrons. The Kier molecular flexibility index (Phi) is 4.64. The van der Waals surface area contributed by atoms with Gasteiger partial charge in [-0.2, -0.15) is 0 Å². The highest BCUT2D eigenvalue weighted by Crippen LogP contribution is 2.32. The van der Waals surface area contributed by atoms with E-state index in [4.69, 9.17) is 21.4 Å². The van der Waals surface area contributed by atoms with Crippen LogP contribution in [0.3, 0.4) is 0 Å². The summed E-state index contributed by atoms with van der Waals surface area (Å²) in [7, 11) is -2.65. The molecule has 3 rings (SSSR count). The van der Waals surface area contributed by atoms with Gasteiger partial charge in [-0.25, -0.2) is 17.4 Å². The molecule has 3 aromatic rings. The van der Waals surface area contributed by atoms with E-state index in [1.54, 1.807) is 19.1 Å². The highest BCUT2D eigenvalue weighted by molar-refractivity contribution is 7.90. The second kappa shape index (κ2) is 6.62. The fraction of sp³-hybridized carbons (Fsp3) is 0.176. The average molecular weight is 395 g/mol. The molecule has 0 aliphatic heterocycles. The summed E-state index contributed by atoms with van der Waals surface area (Å²) in [6, 6.07) is 7.41. The number of nitrogens with zero attached hydrogens (tertiary/aromatic N) is 2. The standard InChI is InChI=1S/C17H15ClN2O5S/c1-10-13(9-16(21)22)12-4-3-7-19-17(12)20(10)26(23,24)11-5-6-14(18)15(8-11)25-2/h3-8H,9H2,1-2H3,(H,21,22). The predicted octanol–water partition coefficient (Wildman–Crippen LogP) is 2.87. The average Bonchev–Trinajstić information content (AvgIpc) is 2.87. The van der Waals surface area contributed by atoms with Crippen LogP contribution in [0, 0.1) is 6.92 Å². The van der Waals surface area contributed by atoms with E-state index in [0.717, 1.165) is 3.97 Å². The summed E-state index contributed by atoms with van der Waals surface area (Å²) in [5.74, 6) is -0.831. The van der Waals surface area contributed by atoms with Crippen molar-refractivity contribution in [2.75, 3.05) is 7.11 Å². The van der Waals surface area contributed by atoms with Gasteiger partial charge in [-0.15, -0.1) is 0 Å². The monoisotopic (exact) mass is 394 g/mol. The zero-order valence-corrected chi connectivity index (χ0v) is 15.5. The minimum absolute atomic E-state index is 0.0359. The van der Waals surface area contributed by atoms with Crippen molar-refractivity contribution in [3.63, 3.8) is 0 Å². The molecule has 0 spiro atoms. The molecule has 0 aliphatic rings. The normalized spacial score (nSPS) is 11.7. The fourth-order valence-electron chi connectivity index (χ4n) is 2.85. The van der Waals surface area contributed by atoms with Crippen molar-refractivity contribution in [3.05, 3.63) is 52.8 Å². The summed E-state index contributed by atoms with van der Waals surface area (Å²) >= 11 is 5.98. The van der Waals surface area contributed by atoms with Crippen LogP contribution in [0.25, 0.3) is 11.0 Å². The smallest absolute Gasteiger partial charge is 0.307 e. The van der Waals surface area contributed by atoms with Crippen LogP contribution in [-0.2, 0) is 21.2 Å². The first kappa shape index (κ1) is 18.2. The number of halogens is 1. The molecule has 26 heavy (non-hydrogen) atoms. The summed E-state index contributed by atoms with van der Waals surface area (Å²) < 4.78 is 32.6. The predicted molar refractivity (Wildman–Crippen MR) is 96.4 cm³/mol. The topological polar surface area (TPSA) is 98.5 Å². The summed E-state index contributed by atoms with van der Waals surface area (Å²) in [4.78, 5) is 15.3. The maximum Gasteiger partial charge on any atom is 0.307 e. The van der Waals surface area contributed by atoms with Gasteiger partial charge >= 0.3 is 5.97 Å². The molecule has 0 bridgehead atoms. The number of hydrogen-bond acceptors (Lipinski definition) is 5. The molecule has 9 heteroatoms. The Bertz CT molecular complexity index is 1120. The lowest BCUT2D eigenvalue weighted by Crippen LogP contribution is -2.15. The first-order valence-electron chi connectivity index (χ1n) is 7.53. The second-order valence-corrected chi connectivity index (χ2v) is 7.77. The fourth-order valence-corrected chi connectivity index (χ4v) is 4.59. The van der Waals surface area contributed by atoms with Crippen molar-refractivity contribution in [3.8, 4) is 5.75 Å². The van der Waals surface area contributed by atoms with E-state index in [1.165, 1.54) is 31.5 Å². The Morgan fingerprint density at radius 2 is 2.08 bits per heavy atom. The van der Waals surface area contributed by atoms with Crippen molar-refractivity contribution in [2.24, 2.45) is 0 Å². The highest BCUT2D eigenvalue weighted by Gasteiger charge is 2.27. The molecule has 1 aromatic carbocycles. The van der Waals surface area contributed by atoms with Gasteiger partial charge in [0.1, 0.15) is 5.75 Å². The Hall–Kier alpha value is -2.58. The van der Waals surface area contributed by atoms with Crippen LogP contribution in [0.2, 0.25) is 5.02 Å². The molecule has 2 heterocycles. The van der Waals surface area contributed by atoms with Crippen molar-refractivity contribution in [1.29, 1.82) is 0 Å². The Labute approximate surface area is 154 Å². The molecule has 2 aromatic heterocycles. The second-order valence-electron chi connectivity index (χ2n) is 5.57. The van der Waals surface area contributed by atoms with Crippen LogP contribution in [0.15, 0.2) is 41.4 Å². The third-order valence-electron chi connectivity index (χ3n) is 4.03. The van der Waals surface area contributed by atoms with E-state index >= 15 is 0 Å². The quantitative estimate of drug-likeness (QED) is 0.714. The van der Waals surface area contributed by atoms with E-state index in [2.05, 4.69) is 4.98 Å². The zero-order chi connectivity index (χ0) is 19.1. The number of benzene rings is 1. The first-order chi connectivity index (χ1) is 12.3. The van der Waals surface area contributed by atoms with Gasteiger partial charge in [-0.05, 0) is 36.8 Å². The zero-order valence-electron chi connectivity index (χ0n) is 13.9. The third-order valence-corrected chi connectivity index (χ3v) is 6.12. The minimum Gasteiger partial charge on any atom is -0.495 e. The van der Waals surface area contributed by atoms with Gasteiger partial charge < -0.3 is 9.84 Å². The molecular formula is C17H15ClN2O5S. The minimum atomic E-state index is -4.04. The number of rotatable bonds is 5. The molecule has 0 saturated heterocycles. The number of carbonyl (C=O) groups is 1. The molecule has 0 saturated carbocycles. The molecular weight excluding hydrogens is 380 g/mol. The molecule has 0 fully saturated rings. The van der Waals surface area contributed by atoms with E-state index < -0.39 is 16.0 Å². The van der Waals surface area contributed by atoms with Crippen LogP contribution in [0.1, 0.15) is 11.3 Å². The molecule has 0 amide bonds. The van der Waals surface area contributed by atoms with Crippen LogP contribution in [0.4, 0.5) is 0 Å². The Balaban J connectivity index is 2.31. The number of methoxy groups -OCH3 is 1. The van der Waals surface area contributed by atoms with Crippen LogP contribution < -0.4 is 4.74 Å². The van der Waals surface area contributed by atoms with E-state index in [-0.39, 0.29) is 27.7 Å². The van der Waals surface area contributed by atoms with Crippen molar-refractivity contribution >= 4 is 38.6 Å².